The fraction of sp³-hybridized carbons (Fsp3) is 0.294. The van der Waals surface area contributed by atoms with Crippen LogP contribution < -0.4 is 4.74 Å². The molecule has 0 unspecified atom stereocenters. The molecule has 0 bridgehead atoms. The lowest BCUT2D eigenvalue weighted by molar-refractivity contribution is 0.0895. The monoisotopic (exact) mass is 376 g/mol. The Morgan fingerprint density at radius 1 is 1.17 bits per heavy atom. The molecule has 1 saturated heterocycles. The van der Waals surface area contributed by atoms with Crippen LogP contribution in [-0.4, -0.2) is 40.3 Å². The number of piperidine rings is 1. The molecular formula is C17H17BrN2O3. The zero-order chi connectivity index (χ0) is 16.2. The van der Waals surface area contributed by atoms with Crippen molar-refractivity contribution in [2.75, 3.05) is 13.1 Å². The van der Waals surface area contributed by atoms with Gasteiger partial charge < -0.3 is 14.7 Å². The maximum absolute atomic E-state index is 10.9. The van der Waals surface area contributed by atoms with Crippen LogP contribution in [0.5, 0.6) is 5.75 Å². The van der Waals surface area contributed by atoms with Crippen molar-refractivity contribution in [1.29, 1.82) is 0 Å². The Labute approximate surface area is 143 Å². The maximum atomic E-state index is 10.9. The van der Waals surface area contributed by atoms with Crippen LogP contribution in [0.4, 0.5) is 4.79 Å². The third-order valence-corrected chi connectivity index (χ3v) is 4.36. The van der Waals surface area contributed by atoms with Crippen LogP contribution >= 0.6 is 15.9 Å². The van der Waals surface area contributed by atoms with Crippen LogP contribution in [0.1, 0.15) is 12.8 Å². The van der Waals surface area contributed by atoms with E-state index in [1.165, 1.54) is 4.90 Å². The van der Waals surface area contributed by atoms with Crippen LogP contribution in [0.3, 0.4) is 0 Å². The van der Waals surface area contributed by atoms with Crippen molar-refractivity contribution in [3.63, 3.8) is 0 Å². The molecule has 120 valence electrons. The molecule has 1 aromatic carbocycles. The van der Waals surface area contributed by atoms with Crippen LogP contribution in [0.25, 0.3) is 11.1 Å². The normalized spacial score (nSPS) is 15.4. The Kier molecular flexibility index (Phi) is 4.81. The molecule has 0 radical (unpaired) electrons. The molecular weight excluding hydrogens is 360 g/mol. The topological polar surface area (TPSA) is 62.7 Å². The Morgan fingerprint density at radius 2 is 1.87 bits per heavy atom. The summed E-state index contributed by atoms with van der Waals surface area (Å²) in [4.78, 5) is 16.5. The van der Waals surface area contributed by atoms with Crippen molar-refractivity contribution in [3.8, 4) is 16.9 Å². The minimum atomic E-state index is -0.851. The van der Waals surface area contributed by atoms with Crippen LogP contribution in [0, 0.1) is 0 Å². The number of benzene rings is 1. The van der Waals surface area contributed by atoms with E-state index in [2.05, 4.69) is 20.9 Å². The van der Waals surface area contributed by atoms with Gasteiger partial charge in [0.15, 0.2) is 0 Å². The molecule has 1 aromatic heterocycles. The number of hydrogen-bond acceptors (Lipinski definition) is 3. The molecule has 5 nitrogen and oxygen atoms in total. The molecule has 2 aromatic rings. The van der Waals surface area contributed by atoms with E-state index in [4.69, 9.17) is 9.84 Å². The zero-order valence-electron chi connectivity index (χ0n) is 12.5. The van der Waals surface area contributed by atoms with Crippen LogP contribution in [0.2, 0.25) is 0 Å². The predicted molar refractivity (Wildman–Crippen MR) is 90.6 cm³/mol. The number of carboxylic acid groups (broad SMARTS) is 1. The van der Waals surface area contributed by atoms with Crippen molar-refractivity contribution in [1.82, 2.24) is 9.88 Å². The summed E-state index contributed by atoms with van der Waals surface area (Å²) in [6.07, 6.45) is 2.44. The standard InChI is InChI=1S/C17H17BrN2O3/c18-16-11-13(5-8-19-16)12-1-3-14(4-2-12)23-15-6-9-20(10-7-15)17(21)22/h1-5,8,11,15H,6-7,9-10H2,(H,21,22). The summed E-state index contributed by atoms with van der Waals surface area (Å²) in [5.74, 6) is 0.815. The summed E-state index contributed by atoms with van der Waals surface area (Å²) in [7, 11) is 0. The van der Waals surface area contributed by atoms with Gasteiger partial charge in [0.25, 0.3) is 0 Å². The van der Waals surface area contributed by atoms with Gasteiger partial charge in [0.05, 0.1) is 0 Å². The highest BCUT2D eigenvalue weighted by molar-refractivity contribution is 9.10. The van der Waals surface area contributed by atoms with Gasteiger partial charge in [-0.3, -0.25) is 0 Å². The lowest BCUT2D eigenvalue weighted by atomic mass is 10.1. The number of nitrogens with zero attached hydrogens (tertiary/aromatic N) is 2. The molecule has 0 spiro atoms. The van der Waals surface area contributed by atoms with Gasteiger partial charge in [0.2, 0.25) is 0 Å². The summed E-state index contributed by atoms with van der Waals surface area (Å²) in [6, 6.07) is 11.9. The van der Waals surface area contributed by atoms with Crippen molar-refractivity contribution < 1.29 is 14.6 Å². The van der Waals surface area contributed by atoms with Gasteiger partial charge in [-0.25, -0.2) is 9.78 Å². The molecule has 1 N–H and O–H groups in total. The summed E-state index contributed by atoms with van der Waals surface area (Å²) >= 11 is 3.37. The smallest absolute Gasteiger partial charge is 0.407 e. The second-order valence-electron chi connectivity index (χ2n) is 5.48. The van der Waals surface area contributed by atoms with Crippen molar-refractivity contribution in [2.45, 2.75) is 18.9 Å². The molecule has 1 aliphatic rings. The molecule has 0 atom stereocenters. The highest BCUT2D eigenvalue weighted by atomic mass is 79.9. The number of rotatable bonds is 3. The van der Waals surface area contributed by atoms with Crippen molar-refractivity contribution in [2.24, 2.45) is 0 Å². The fourth-order valence-corrected chi connectivity index (χ4v) is 3.03. The number of aromatic nitrogens is 1. The quantitative estimate of drug-likeness (QED) is 0.821. The lowest BCUT2D eigenvalue weighted by Crippen LogP contribution is -2.41. The second-order valence-corrected chi connectivity index (χ2v) is 6.29. The van der Waals surface area contributed by atoms with Crippen LogP contribution in [0.15, 0.2) is 47.2 Å². The van der Waals surface area contributed by atoms with E-state index in [1.807, 2.05) is 36.4 Å². The van der Waals surface area contributed by atoms with Gasteiger partial charge in [0.1, 0.15) is 16.5 Å². The number of ether oxygens (including phenoxy) is 1. The highest BCUT2D eigenvalue weighted by Crippen LogP contribution is 2.25. The van der Waals surface area contributed by atoms with Crippen molar-refractivity contribution in [3.05, 3.63) is 47.2 Å². The number of likely N-dealkylation sites (tertiary alicyclic amines) is 1. The van der Waals surface area contributed by atoms with Gasteiger partial charge in [-0.2, -0.15) is 0 Å². The van der Waals surface area contributed by atoms with Gasteiger partial charge >= 0.3 is 6.09 Å². The minimum Gasteiger partial charge on any atom is -0.490 e. The third kappa shape index (κ3) is 4.01. The lowest BCUT2D eigenvalue weighted by Gasteiger charge is -2.30. The van der Waals surface area contributed by atoms with Gasteiger partial charge in [0, 0.05) is 32.1 Å². The van der Waals surface area contributed by atoms with E-state index in [9.17, 15) is 4.79 Å². The van der Waals surface area contributed by atoms with Gasteiger partial charge in [-0.05, 0) is 51.3 Å². The highest BCUT2D eigenvalue weighted by Gasteiger charge is 2.23. The van der Waals surface area contributed by atoms with Crippen molar-refractivity contribution >= 4 is 22.0 Å². The first-order valence-electron chi connectivity index (χ1n) is 7.48. The molecule has 1 amide bonds. The molecule has 3 rings (SSSR count). The second kappa shape index (κ2) is 7.00. The van der Waals surface area contributed by atoms with E-state index in [0.29, 0.717) is 13.1 Å². The molecule has 1 fully saturated rings. The molecule has 0 saturated carbocycles. The van der Waals surface area contributed by atoms with Gasteiger partial charge in [-0.15, -0.1) is 0 Å². The number of carbonyl (C=O) groups is 1. The maximum Gasteiger partial charge on any atom is 0.407 e. The Morgan fingerprint density at radius 3 is 2.48 bits per heavy atom. The average Bonchev–Trinajstić information content (AvgIpc) is 2.56. The minimum absolute atomic E-state index is 0.0755. The third-order valence-electron chi connectivity index (χ3n) is 3.93. The van der Waals surface area contributed by atoms with E-state index in [0.717, 1.165) is 34.3 Å². The largest absolute Gasteiger partial charge is 0.490 e. The Balaban J connectivity index is 1.61. The molecule has 6 heteroatoms. The summed E-state index contributed by atoms with van der Waals surface area (Å²) in [6.45, 7) is 1.06. The first-order chi connectivity index (χ1) is 11.1. The molecule has 1 aliphatic heterocycles. The average molecular weight is 377 g/mol. The first kappa shape index (κ1) is 15.8. The number of pyridine rings is 1. The fourth-order valence-electron chi connectivity index (χ4n) is 2.67. The summed E-state index contributed by atoms with van der Waals surface area (Å²) < 4.78 is 6.76. The number of halogens is 1. The summed E-state index contributed by atoms with van der Waals surface area (Å²) in [5.41, 5.74) is 2.19. The molecule has 2 heterocycles. The van der Waals surface area contributed by atoms with E-state index >= 15 is 0 Å². The van der Waals surface area contributed by atoms with E-state index in [1.54, 1.807) is 6.20 Å². The SMILES string of the molecule is O=C(O)N1CCC(Oc2ccc(-c3ccnc(Br)c3)cc2)CC1. The summed E-state index contributed by atoms with van der Waals surface area (Å²) in [5, 5.41) is 8.95. The Bertz CT molecular complexity index is 682. The van der Waals surface area contributed by atoms with E-state index < -0.39 is 6.09 Å². The number of hydrogen-bond donors (Lipinski definition) is 1. The Hall–Kier alpha value is -2.08. The van der Waals surface area contributed by atoms with E-state index in [-0.39, 0.29) is 6.10 Å². The molecule has 0 aliphatic carbocycles. The van der Waals surface area contributed by atoms with Crippen LogP contribution in [-0.2, 0) is 0 Å². The first-order valence-corrected chi connectivity index (χ1v) is 8.27. The van der Waals surface area contributed by atoms with Gasteiger partial charge in [-0.1, -0.05) is 12.1 Å². The molecule has 23 heavy (non-hydrogen) atoms. The zero-order valence-corrected chi connectivity index (χ0v) is 14.1. The number of amides is 1. The predicted octanol–water partition coefficient (Wildman–Crippen LogP) is 4.03.